The van der Waals surface area contributed by atoms with Crippen molar-refractivity contribution >= 4 is 17.2 Å². The van der Waals surface area contributed by atoms with E-state index in [-0.39, 0.29) is 11.8 Å². The van der Waals surface area contributed by atoms with Crippen LogP contribution in [0.1, 0.15) is 34.4 Å². The maximum atomic E-state index is 12.4. The van der Waals surface area contributed by atoms with Gasteiger partial charge in [0.25, 0.3) is 11.9 Å². The van der Waals surface area contributed by atoms with Gasteiger partial charge in [0.1, 0.15) is 0 Å². The molecule has 3 heterocycles. The van der Waals surface area contributed by atoms with E-state index < -0.39 is 6.10 Å². The smallest absolute Gasteiger partial charge is 0.289 e. The maximum absolute atomic E-state index is 12.4. The molecular formula is C16H19NO4S. The highest BCUT2D eigenvalue weighted by atomic mass is 32.1. The van der Waals surface area contributed by atoms with Crippen LogP contribution in [0.5, 0.6) is 5.95 Å². The molecule has 1 amide bonds. The van der Waals surface area contributed by atoms with Gasteiger partial charge in [-0.2, -0.15) is 0 Å². The summed E-state index contributed by atoms with van der Waals surface area (Å²) in [6.45, 7) is 1.27. The molecule has 0 saturated carbocycles. The van der Waals surface area contributed by atoms with Gasteiger partial charge in [-0.15, -0.1) is 11.3 Å². The molecule has 2 aromatic rings. The van der Waals surface area contributed by atoms with Crippen molar-refractivity contribution in [3.8, 4) is 5.95 Å². The van der Waals surface area contributed by atoms with E-state index in [1.54, 1.807) is 28.4 Å². The highest BCUT2D eigenvalue weighted by Crippen LogP contribution is 2.33. The number of methoxy groups -OCH3 is 1. The molecule has 1 atom stereocenters. The monoisotopic (exact) mass is 321 g/mol. The molecule has 1 aliphatic rings. The van der Waals surface area contributed by atoms with Crippen molar-refractivity contribution in [1.29, 1.82) is 0 Å². The Kier molecular flexibility index (Phi) is 4.49. The third-order valence-electron chi connectivity index (χ3n) is 4.10. The SMILES string of the molecule is COc1ccc(C(=O)N2CCC(C(O)c3cccs3)CC2)o1. The van der Waals surface area contributed by atoms with E-state index >= 15 is 0 Å². The van der Waals surface area contributed by atoms with Crippen LogP contribution in [-0.2, 0) is 0 Å². The number of thiophene rings is 1. The summed E-state index contributed by atoms with van der Waals surface area (Å²) in [7, 11) is 1.50. The Bertz CT molecular complexity index is 614. The van der Waals surface area contributed by atoms with Crippen molar-refractivity contribution in [2.24, 2.45) is 5.92 Å². The van der Waals surface area contributed by atoms with Crippen molar-refractivity contribution in [3.63, 3.8) is 0 Å². The van der Waals surface area contributed by atoms with Crippen LogP contribution in [0.3, 0.4) is 0 Å². The van der Waals surface area contributed by atoms with E-state index in [2.05, 4.69) is 0 Å². The number of aliphatic hydroxyl groups excluding tert-OH is 1. The number of carbonyl (C=O) groups is 1. The summed E-state index contributed by atoms with van der Waals surface area (Å²) < 4.78 is 10.3. The molecule has 0 bridgehead atoms. The molecule has 6 heteroatoms. The van der Waals surface area contributed by atoms with Gasteiger partial charge in [-0.25, -0.2) is 0 Å². The van der Waals surface area contributed by atoms with Gasteiger partial charge in [-0.05, 0) is 36.3 Å². The average molecular weight is 321 g/mol. The molecule has 1 aliphatic heterocycles. The van der Waals surface area contributed by atoms with Gasteiger partial charge in [0.2, 0.25) is 0 Å². The summed E-state index contributed by atoms with van der Waals surface area (Å²) in [5, 5.41) is 12.4. The minimum Gasteiger partial charge on any atom is -0.468 e. The number of ether oxygens (including phenoxy) is 1. The van der Waals surface area contributed by atoms with Gasteiger partial charge in [-0.3, -0.25) is 4.79 Å². The molecule has 1 fully saturated rings. The quantitative estimate of drug-likeness (QED) is 0.940. The molecule has 22 heavy (non-hydrogen) atoms. The first-order valence-corrected chi connectivity index (χ1v) is 8.21. The lowest BCUT2D eigenvalue weighted by molar-refractivity contribution is 0.0450. The van der Waals surface area contributed by atoms with Crippen LogP contribution in [-0.4, -0.2) is 36.1 Å². The molecule has 0 aromatic carbocycles. The largest absolute Gasteiger partial charge is 0.468 e. The van der Waals surface area contributed by atoms with Gasteiger partial charge >= 0.3 is 0 Å². The minimum absolute atomic E-state index is 0.118. The highest BCUT2D eigenvalue weighted by molar-refractivity contribution is 7.10. The second-order valence-electron chi connectivity index (χ2n) is 5.41. The third-order valence-corrected chi connectivity index (χ3v) is 5.04. The van der Waals surface area contributed by atoms with Gasteiger partial charge in [-0.1, -0.05) is 6.07 Å². The number of nitrogens with zero attached hydrogens (tertiary/aromatic N) is 1. The molecule has 5 nitrogen and oxygen atoms in total. The summed E-state index contributed by atoms with van der Waals surface area (Å²) in [6, 6.07) is 7.18. The molecule has 1 unspecified atom stereocenters. The van der Waals surface area contributed by atoms with Crippen molar-refractivity contribution in [3.05, 3.63) is 40.3 Å². The number of carbonyl (C=O) groups excluding carboxylic acids is 1. The Labute approximate surface area is 133 Å². The molecule has 3 rings (SSSR count). The summed E-state index contributed by atoms with van der Waals surface area (Å²) >= 11 is 1.57. The predicted molar refractivity (Wildman–Crippen MR) is 83.2 cm³/mol. The van der Waals surface area contributed by atoms with E-state index in [0.717, 1.165) is 17.7 Å². The fraction of sp³-hybridized carbons (Fsp3) is 0.438. The number of rotatable bonds is 4. The molecule has 0 spiro atoms. The van der Waals surface area contributed by atoms with E-state index in [9.17, 15) is 9.90 Å². The molecule has 1 N–H and O–H groups in total. The van der Waals surface area contributed by atoms with Crippen LogP contribution in [0.2, 0.25) is 0 Å². The normalized spacial score (nSPS) is 17.5. The van der Waals surface area contributed by atoms with Crippen molar-refractivity contribution in [1.82, 2.24) is 4.90 Å². The van der Waals surface area contributed by atoms with E-state index in [1.807, 2.05) is 17.5 Å². The van der Waals surface area contributed by atoms with E-state index in [1.165, 1.54) is 7.11 Å². The summed E-state index contributed by atoms with van der Waals surface area (Å²) in [6.07, 6.45) is 1.16. The Morgan fingerprint density at radius 1 is 1.41 bits per heavy atom. The van der Waals surface area contributed by atoms with E-state index in [4.69, 9.17) is 9.15 Å². The molecule has 118 valence electrons. The molecule has 1 saturated heterocycles. The standard InChI is InChI=1S/C16H19NO4S/c1-20-14-5-4-12(21-14)16(19)17-8-6-11(7-9-17)15(18)13-3-2-10-22-13/h2-5,10-11,15,18H,6-9H2,1H3. The first kappa shape index (κ1) is 15.1. The van der Waals surface area contributed by atoms with Crippen LogP contribution in [0.4, 0.5) is 0 Å². The number of hydrogen-bond donors (Lipinski definition) is 1. The van der Waals surface area contributed by atoms with Gasteiger partial charge < -0.3 is 19.2 Å². The Balaban J connectivity index is 1.58. The number of hydrogen-bond acceptors (Lipinski definition) is 5. The fourth-order valence-electron chi connectivity index (χ4n) is 2.81. The summed E-state index contributed by atoms with van der Waals surface area (Å²) in [4.78, 5) is 15.1. The predicted octanol–water partition coefficient (Wildman–Crippen LogP) is 2.94. The van der Waals surface area contributed by atoms with Gasteiger partial charge in [0.15, 0.2) is 5.76 Å². The lowest BCUT2D eigenvalue weighted by Crippen LogP contribution is -2.39. The van der Waals surface area contributed by atoms with Crippen LogP contribution in [0, 0.1) is 5.92 Å². The molecule has 2 aromatic heterocycles. The first-order chi connectivity index (χ1) is 10.7. The van der Waals surface area contributed by atoms with Crippen LogP contribution in [0.15, 0.2) is 34.1 Å². The Morgan fingerprint density at radius 2 is 2.18 bits per heavy atom. The Morgan fingerprint density at radius 3 is 2.77 bits per heavy atom. The summed E-state index contributed by atoms with van der Waals surface area (Å²) in [5.41, 5.74) is 0. The van der Waals surface area contributed by atoms with Crippen molar-refractivity contribution < 1.29 is 19.1 Å². The van der Waals surface area contributed by atoms with E-state index in [0.29, 0.717) is 24.8 Å². The lowest BCUT2D eigenvalue weighted by atomic mass is 9.90. The number of furan rings is 1. The maximum Gasteiger partial charge on any atom is 0.289 e. The number of aliphatic hydroxyl groups is 1. The number of amides is 1. The third kappa shape index (κ3) is 3.03. The number of likely N-dealkylation sites (tertiary alicyclic amines) is 1. The van der Waals surface area contributed by atoms with Crippen molar-refractivity contribution in [2.75, 3.05) is 20.2 Å². The van der Waals surface area contributed by atoms with Crippen LogP contribution in [0.25, 0.3) is 0 Å². The fourth-order valence-corrected chi connectivity index (χ4v) is 3.61. The average Bonchev–Trinajstić information content (AvgIpc) is 3.25. The Hall–Kier alpha value is -1.79. The molecular weight excluding hydrogens is 302 g/mol. The van der Waals surface area contributed by atoms with Gasteiger partial charge in [0, 0.05) is 24.0 Å². The molecule has 0 aliphatic carbocycles. The van der Waals surface area contributed by atoms with Crippen molar-refractivity contribution in [2.45, 2.75) is 18.9 Å². The zero-order valence-electron chi connectivity index (χ0n) is 12.4. The first-order valence-electron chi connectivity index (χ1n) is 7.33. The minimum atomic E-state index is -0.430. The zero-order valence-corrected chi connectivity index (χ0v) is 13.2. The lowest BCUT2D eigenvalue weighted by Gasteiger charge is -2.33. The topological polar surface area (TPSA) is 62.9 Å². The zero-order chi connectivity index (χ0) is 15.5. The second-order valence-corrected chi connectivity index (χ2v) is 6.39. The molecule has 0 radical (unpaired) electrons. The van der Waals surface area contributed by atoms with Crippen LogP contribution < -0.4 is 4.74 Å². The second kappa shape index (κ2) is 6.54. The number of piperidine rings is 1. The summed E-state index contributed by atoms with van der Waals surface area (Å²) in [5.74, 6) is 0.724. The van der Waals surface area contributed by atoms with Gasteiger partial charge in [0.05, 0.1) is 13.2 Å². The highest BCUT2D eigenvalue weighted by Gasteiger charge is 2.30. The van der Waals surface area contributed by atoms with Crippen LogP contribution >= 0.6 is 11.3 Å².